The number of benzene rings is 6. The minimum absolute atomic E-state index is 0.640. The van der Waals surface area contributed by atoms with Crippen molar-refractivity contribution in [2.24, 2.45) is 0 Å². The van der Waals surface area contributed by atoms with Gasteiger partial charge in [-0.3, -0.25) is 0 Å². The normalized spacial score (nSPS) is 12.8. The SMILES string of the molecule is CCCOc1c2cccc1Cc1cccc(c1OCCC)Cc1c(OCCC)c(cc3c1c1ccccc1p3-c1ccccc1)Cc1cccc(c1OCCC)C2. The number of hydrogen-bond donors (Lipinski definition) is 0. The monoisotopic (exact) mass is 774 g/mol. The molecule has 6 aromatic carbocycles. The van der Waals surface area contributed by atoms with Crippen molar-refractivity contribution in [3.63, 3.8) is 0 Å². The highest BCUT2D eigenvalue weighted by Crippen LogP contribution is 2.58. The van der Waals surface area contributed by atoms with Crippen molar-refractivity contribution in [3.05, 3.63) is 160 Å². The minimum Gasteiger partial charge on any atom is -0.493 e. The molecule has 7 aromatic rings. The summed E-state index contributed by atoms with van der Waals surface area (Å²) >= 11 is 0. The molecule has 0 radical (unpaired) electrons. The van der Waals surface area contributed by atoms with E-state index in [1.807, 2.05) is 0 Å². The van der Waals surface area contributed by atoms with Gasteiger partial charge in [0.2, 0.25) is 0 Å². The van der Waals surface area contributed by atoms with E-state index in [9.17, 15) is 0 Å². The fraction of sp³-hybridized carbons (Fsp3) is 0.308. The van der Waals surface area contributed by atoms with Crippen molar-refractivity contribution >= 4 is 28.5 Å². The van der Waals surface area contributed by atoms with E-state index in [4.69, 9.17) is 18.9 Å². The Morgan fingerprint density at radius 2 is 0.825 bits per heavy atom. The first-order valence-electron chi connectivity index (χ1n) is 21.1. The van der Waals surface area contributed by atoms with E-state index in [1.165, 1.54) is 70.8 Å². The van der Waals surface area contributed by atoms with Gasteiger partial charge in [-0.25, -0.2) is 0 Å². The van der Waals surface area contributed by atoms with Gasteiger partial charge in [0.1, 0.15) is 23.0 Å². The average molecular weight is 775 g/mol. The number of rotatable bonds is 13. The molecule has 1 unspecified atom stereocenters. The zero-order valence-corrected chi connectivity index (χ0v) is 34.9. The first-order chi connectivity index (χ1) is 28.1. The van der Waals surface area contributed by atoms with E-state index in [0.29, 0.717) is 52.1 Å². The Morgan fingerprint density at radius 1 is 0.404 bits per heavy atom. The predicted octanol–water partition coefficient (Wildman–Crippen LogP) is 13.8. The first kappa shape index (κ1) is 38.7. The predicted molar refractivity (Wildman–Crippen MR) is 239 cm³/mol. The smallest absolute Gasteiger partial charge is 0.127 e. The molecule has 1 aliphatic rings. The third-order valence-electron chi connectivity index (χ3n) is 11.0. The fourth-order valence-electron chi connectivity index (χ4n) is 8.51. The van der Waals surface area contributed by atoms with Crippen LogP contribution in [0.25, 0.3) is 26.3 Å². The van der Waals surface area contributed by atoms with Crippen LogP contribution in [0.2, 0.25) is 0 Å². The summed E-state index contributed by atoms with van der Waals surface area (Å²) in [6.45, 7) is 11.3. The Kier molecular flexibility index (Phi) is 12.2. The second kappa shape index (κ2) is 18.0. The van der Waals surface area contributed by atoms with Crippen LogP contribution in [-0.4, -0.2) is 26.4 Å². The molecule has 0 fully saturated rings. The van der Waals surface area contributed by atoms with Crippen molar-refractivity contribution in [1.29, 1.82) is 0 Å². The Labute approximate surface area is 339 Å². The van der Waals surface area contributed by atoms with Gasteiger partial charge in [0.15, 0.2) is 0 Å². The highest BCUT2D eigenvalue weighted by atomic mass is 31.1. The van der Waals surface area contributed by atoms with Gasteiger partial charge in [0, 0.05) is 46.9 Å². The summed E-state index contributed by atoms with van der Waals surface area (Å²) in [6, 6.07) is 42.8. The minimum atomic E-state index is -0.795. The molecule has 0 amide bonds. The number of hydrogen-bond acceptors (Lipinski definition) is 4. The van der Waals surface area contributed by atoms with Crippen LogP contribution in [0.15, 0.2) is 115 Å². The molecular weight excluding hydrogens is 720 g/mol. The number of fused-ring (bicyclic) bond motifs is 12. The van der Waals surface area contributed by atoms with Crippen LogP contribution in [0.1, 0.15) is 97.9 Å². The van der Waals surface area contributed by atoms with Gasteiger partial charge in [0.05, 0.1) is 26.4 Å². The summed E-state index contributed by atoms with van der Waals surface area (Å²) in [5.74, 6) is 3.95. The molecule has 4 nitrogen and oxygen atoms in total. The van der Waals surface area contributed by atoms with E-state index < -0.39 is 7.53 Å². The Morgan fingerprint density at radius 3 is 1.32 bits per heavy atom. The van der Waals surface area contributed by atoms with Crippen LogP contribution < -0.4 is 18.9 Å². The molecule has 1 aliphatic carbocycles. The van der Waals surface area contributed by atoms with E-state index in [0.717, 1.165) is 48.7 Å². The van der Waals surface area contributed by atoms with Crippen LogP contribution in [-0.2, 0) is 25.7 Å². The van der Waals surface area contributed by atoms with Crippen molar-refractivity contribution < 1.29 is 18.9 Å². The van der Waals surface area contributed by atoms with Gasteiger partial charge in [-0.15, -0.1) is 0 Å². The lowest BCUT2D eigenvalue weighted by atomic mass is 9.89. The third kappa shape index (κ3) is 7.90. The summed E-state index contributed by atoms with van der Waals surface area (Å²) in [6.07, 6.45) is 6.52. The molecule has 1 atom stereocenters. The second-order valence-electron chi connectivity index (χ2n) is 15.2. The topological polar surface area (TPSA) is 36.9 Å². The highest BCUT2D eigenvalue weighted by Gasteiger charge is 2.26. The lowest BCUT2D eigenvalue weighted by Crippen LogP contribution is -2.10. The van der Waals surface area contributed by atoms with Gasteiger partial charge in [0.25, 0.3) is 0 Å². The molecule has 0 spiro atoms. The molecule has 1 heterocycles. The molecule has 8 bridgehead atoms. The Hall–Kier alpha value is -5.18. The van der Waals surface area contributed by atoms with Crippen LogP contribution in [0, 0.1) is 0 Å². The van der Waals surface area contributed by atoms with Crippen LogP contribution in [0.3, 0.4) is 0 Å². The van der Waals surface area contributed by atoms with E-state index >= 15 is 0 Å². The zero-order chi connectivity index (χ0) is 39.1. The summed E-state index contributed by atoms with van der Waals surface area (Å²) in [5, 5.41) is 6.81. The van der Waals surface area contributed by atoms with Gasteiger partial charge in [-0.05, 0) is 81.4 Å². The van der Waals surface area contributed by atoms with Crippen LogP contribution in [0.4, 0.5) is 0 Å². The maximum Gasteiger partial charge on any atom is 0.127 e. The standard InChI is InChI=1S/C52H55O4P/c1-5-27-53-49-36-17-14-18-37(49)32-39-20-16-22-41(51(39)55-29-7-3)34-45-48-44-25-12-13-26-46(44)57(43-23-10-9-11-24-43)47(48)35-42(52(45)56-30-8-4)33-40-21-15-19-38(31-36)50(40)54-28-6-2/h9-26,35H,5-8,27-34H2,1-4H3. The van der Waals surface area contributed by atoms with E-state index in [1.54, 1.807) is 0 Å². The average Bonchev–Trinajstić information content (AvgIpc) is 3.56. The molecule has 0 saturated carbocycles. The van der Waals surface area contributed by atoms with Crippen molar-refractivity contribution in [2.75, 3.05) is 26.4 Å². The Balaban J connectivity index is 1.47. The van der Waals surface area contributed by atoms with Crippen LogP contribution in [0.5, 0.6) is 23.0 Å². The van der Waals surface area contributed by atoms with Gasteiger partial charge >= 0.3 is 0 Å². The summed E-state index contributed by atoms with van der Waals surface area (Å²) < 4.78 is 27.3. The third-order valence-corrected chi connectivity index (χ3v) is 13.5. The summed E-state index contributed by atoms with van der Waals surface area (Å²) in [4.78, 5) is 0. The largest absolute Gasteiger partial charge is 0.493 e. The molecule has 0 saturated heterocycles. The van der Waals surface area contributed by atoms with Crippen molar-refractivity contribution in [2.45, 2.75) is 79.1 Å². The summed E-state index contributed by atoms with van der Waals surface area (Å²) in [5.41, 5.74) is 9.53. The second-order valence-corrected chi connectivity index (χ2v) is 17.4. The number of para-hydroxylation sites is 3. The van der Waals surface area contributed by atoms with E-state index in [2.05, 4.69) is 143 Å². The number of ether oxygens (including phenoxy) is 4. The molecule has 0 aliphatic heterocycles. The molecular formula is C52H55O4P. The zero-order valence-electron chi connectivity index (χ0n) is 34.0. The quantitative estimate of drug-likeness (QED) is 0.117. The van der Waals surface area contributed by atoms with Crippen molar-refractivity contribution in [1.82, 2.24) is 0 Å². The maximum atomic E-state index is 7.03. The first-order valence-corrected chi connectivity index (χ1v) is 22.4. The van der Waals surface area contributed by atoms with Gasteiger partial charge < -0.3 is 18.9 Å². The summed E-state index contributed by atoms with van der Waals surface area (Å²) in [7, 11) is -0.795. The van der Waals surface area contributed by atoms with Gasteiger partial charge in [-0.2, -0.15) is 0 Å². The van der Waals surface area contributed by atoms with Gasteiger partial charge in [-0.1, -0.05) is 144 Å². The molecule has 8 rings (SSSR count). The van der Waals surface area contributed by atoms with Crippen LogP contribution >= 0.6 is 7.53 Å². The molecule has 5 heteroatoms. The Bertz CT molecular complexity index is 2480. The van der Waals surface area contributed by atoms with E-state index in [-0.39, 0.29) is 0 Å². The van der Waals surface area contributed by atoms with Crippen molar-refractivity contribution in [3.8, 4) is 28.3 Å². The fourth-order valence-corrected chi connectivity index (χ4v) is 11.2. The maximum absolute atomic E-state index is 7.03. The lowest BCUT2D eigenvalue weighted by molar-refractivity contribution is 0.305. The molecule has 57 heavy (non-hydrogen) atoms. The molecule has 0 N–H and O–H groups in total. The molecule has 292 valence electrons. The molecule has 1 aromatic heterocycles. The highest BCUT2D eigenvalue weighted by molar-refractivity contribution is 7.67. The lowest BCUT2D eigenvalue weighted by Gasteiger charge is -2.23.